The molecule has 3 nitrogen and oxygen atoms in total. The molecule has 0 amide bonds. The van der Waals surface area contributed by atoms with Crippen LogP contribution in [0.4, 0.5) is 0 Å². The molecule has 0 bridgehead atoms. The van der Waals surface area contributed by atoms with E-state index in [-0.39, 0.29) is 5.95 Å². The fraction of sp³-hybridized carbons (Fsp3) is 0. The predicted molar refractivity (Wildman–Crippen MR) is 50.8 cm³/mol. The van der Waals surface area contributed by atoms with Crippen molar-refractivity contribution >= 4 is 5.97 Å². The molecule has 0 radical (unpaired) electrons. The minimum absolute atomic E-state index is 0.156. The maximum atomic E-state index is 11.4. The van der Waals surface area contributed by atoms with Gasteiger partial charge in [-0.05, 0) is 12.1 Å². The van der Waals surface area contributed by atoms with Gasteiger partial charge in [-0.2, -0.15) is 0 Å². The van der Waals surface area contributed by atoms with Crippen LogP contribution in [0.1, 0.15) is 10.4 Å². The number of para-hydroxylation sites is 1. The average Bonchev–Trinajstić information content (AvgIpc) is 2.18. The van der Waals surface area contributed by atoms with Crippen molar-refractivity contribution in [2.45, 2.75) is 0 Å². The molecular weight excluding hydrogens is 180 g/mol. The molecule has 1 aliphatic rings. The molecule has 0 spiro atoms. The molecule has 2 rings (SSSR count). The van der Waals surface area contributed by atoms with Crippen molar-refractivity contribution in [3.05, 3.63) is 54.5 Å². The fourth-order valence-electron chi connectivity index (χ4n) is 1.16. The number of hydrogen-bond donors (Lipinski definition) is 0. The van der Waals surface area contributed by atoms with Crippen LogP contribution >= 0.6 is 0 Å². The number of ether oxygens (including phenoxy) is 2. The van der Waals surface area contributed by atoms with Gasteiger partial charge in [0.15, 0.2) is 0 Å². The summed E-state index contributed by atoms with van der Waals surface area (Å²) in [6.45, 7) is 3.49. The highest BCUT2D eigenvalue weighted by Gasteiger charge is 2.22. The Morgan fingerprint density at radius 3 is 2.79 bits per heavy atom. The smallest absolute Gasteiger partial charge is 0.349 e. The summed E-state index contributed by atoms with van der Waals surface area (Å²) in [5.74, 6) is 0.264. The lowest BCUT2D eigenvalue weighted by molar-refractivity contribution is 0.0409. The van der Waals surface area contributed by atoms with E-state index in [1.807, 2.05) is 0 Å². The van der Waals surface area contributed by atoms with Crippen LogP contribution in [0.5, 0.6) is 5.75 Å². The molecule has 1 aromatic carbocycles. The van der Waals surface area contributed by atoms with Crippen molar-refractivity contribution in [2.24, 2.45) is 0 Å². The molecular formula is C11H8O3. The zero-order valence-corrected chi connectivity index (χ0v) is 7.40. The lowest BCUT2D eigenvalue weighted by Crippen LogP contribution is -2.16. The number of cyclic esters (lactones) is 1. The van der Waals surface area contributed by atoms with Crippen LogP contribution in [0.3, 0.4) is 0 Å². The van der Waals surface area contributed by atoms with Crippen LogP contribution in [0, 0.1) is 0 Å². The predicted octanol–water partition coefficient (Wildman–Crippen LogP) is 2.26. The highest BCUT2D eigenvalue weighted by molar-refractivity contribution is 5.94. The van der Waals surface area contributed by atoms with Gasteiger partial charge < -0.3 is 9.47 Å². The number of hydrogen-bond acceptors (Lipinski definition) is 3. The number of carbonyl (C=O) groups excluding carboxylic acids is 1. The third-order valence-corrected chi connectivity index (χ3v) is 1.76. The van der Waals surface area contributed by atoms with Crippen molar-refractivity contribution in [1.82, 2.24) is 0 Å². The first-order valence-electron chi connectivity index (χ1n) is 4.13. The van der Waals surface area contributed by atoms with Gasteiger partial charge >= 0.3 is 5.97 Å². The van der Waals surface area contributed by atoms with Crippen LogP contribution in [0.15, 0.2) is 48.9 Å². The summed E-state index contributed by atoms with van der Waals surface area (Å²) in [5, 5.41) is 0. The van der Waals surface area contributed by atoms with Crippen LogP contribution in [-0.2, 0) is 4.74 Å². The lowest BCUT2D eigenvalue weighted by atomic mass is 10.2. The highest BCUT2D eigenvalue weighted by Crippen LogP contribution is 2.26. The molecule has 1 heterocycles. The summed E-state index contributed by atoms with van der Waals surface area (Å²) in [6, 6.07) is 6.92. The van der Waals surface area contributed by atoms with E-state index >= 15 is 0 Å². The Hall–Kier alpha value is -2.03. The van der Waals surface area contributed by atoms with E-state index in [0.29, 0.717) is 11.3 Å². The van der Waals surface area contributed by atoms with E-state index in [2.05, 4.69) is 6.58 Å². The Balaban J connectivity index is 2.43. The van der Waals surface area contributed by atoms with Crippen molar-refractivity contribution < 1.29 is 14.3 Å². The lowest BCUT2D eigenvalue weighted by Gasteiger charge is -2.17. The molecule has 0 aliphatic carbocycles. The quantitative estimate of drug-likeness (QED) is 0.634. The van der Waals surface area contributed by atoms with Gasteiger partial charge in [-0.25, -0.2) is 4.79 Å². The fourth-order valence-corrected chi connectivity index (χ4v) is 1.16. The number of benzene rings is 1. The number of fused-ring (bicyclic) bond motifs is 1. The minimum atomic E-state index is -0.403. The van der Waals surface area contributed by atoms with E-state index in [0.717, 1.165) is 0 Å². The largest absolute Gasteiger partial charge is 0.425 e. The van der Waals surface area contributed by atoms with Crippen molar-refractivity contribution in [2.75, 3.05) is 0 Å². The topological polar surface area (TPSA) is 35.5 Å². The van der Waals surface area contributed by atoms with E-state index in [1.54, 1.807) is 24.3 Å². The van der Waals surface area contributed by atoms with E-state index in [1.165, 1.54) is 12.2 Å². The van der Waals surface area contributed by atoms with Gasteiger partial charge in [0.2, 0.25) is 0 Å². The standard InChI is InChI=1S/C11H8O3/c1-2-5-10-13-9-7-4-3-6-8(9)11(12)14-10/h2-7H,1H2/b10-5-. The summed E-state index contributed by atoms with van der Waals surface area (Å²) >= 11 is 0. The molecule has 0 N–H and O–H groups in total. The SMILES string of the molecule is C=C/C=C1\OC(=O)c2ccccc2O1. The molecule has 70 valence electrons. The van der Waals surface area contributed by atoms with Crippen molar-refractivity contribution in [1.29, 1.82) is 0 Å². The summed E-state index contributed by atoms with van der Waals surface area (Å²) in [6.07, 6.45) is 2.99. The average molecular weight is 188 g/mol. The van der Waals surface area contributed by atoms with Crippen LogP contribution < -0.4 is 4.74 Å². The van der Waals surface area contributed by atoms with Gasteiger partial charge in [0.05, 0.1) is 0 Å². The summed E-state index contributed by atoms with van der Waals surface area (Å²) in [4.78, 5) is 11.4. The van der Waals surface area contributed by atoms with Crippen molar-refractivity contribution in [3.8, 4) is 5.75 Å². The Labute approximate surface area is 81.3 Å². The molecule has 3 heteroatoms. The first kappa shape index (κ1) is 8.56. The molecule has 0 saturated heterocycles. The molecule has 0 aromatic heterocycles. The highest BCUT2D eigenvalue weighted by atomic mass is 16.7. The first-order chi connectivity index (χ1) is 6.81. The number of esters is 1. The van der Waals surface area contributed by atoms with Gasteiger partial charge in [0.25, 0.3) is 5.95 Å². The summed E-state index contributed by atoms with van der Waals surface area (Å²) in [7, 11) is 0. The summed E-state index contributed by atoms with van der Waals surface area (Å²) < 4.78 is 10.2. The van der Waals surface area contributed by atoms with Crippen LogP contribution in [-0.4, -0.2) is 5.97 Å². The van der Waals surface area contributed by atoms with Crippen LogP contribution in [0.25, 0.3) is 0 Å². The second kappa shape index (κ2) is 3.38. The second-order valence-corrected chi connectivity index (χ2v) is 2.71. The Morgan fingerprint density at radius 1 is 1.21 bits per heavy atom. The number of carbonyl (C=O) groups is 1. The van der Waals surface area contributed by atoms with E-state index in [4.69, 9.17) is 9.47 Å². The molecule has 1 aromatic rings. The second-order valence-electron chi connectivity index (χ2n) is 2.71. The zero-order valence-electron chi connectivity index (χ0n) is 7.40. The summed E-state index contributed by atoms with van der Waals surface area (Å²) in [5.41, 5.74) is 0.439. The molecule has 14 heavy (non-hydrogen) atoms. The van der Waals surface area contributed by atoms with E-state index < -0.39 is 5.97 Å². The number of rotatable bonds is 1. The first-order valence-corrected chi connectivity index (χ1v) is 4.13. The van der Waals surface area contributed by atoms with Gasteiger partial charge in [-0.1, -0.05) is 24.8 Å². The van der Waals surface area contributed by atoms with Gasteiger partial charge in [0.1, 0.15) is 11.3 Å². The monoisotopic (exact) mass is 188 g/mol. The van der Waals surface area contributed by atoms with E-state index in [9.17, 15) is 4.79 Å². The van der Waals surface area contributed by atoms with Gasteiger partial charge in [-0.3, -0.25) is 0 Å². The maximum Gasteiger partial charge on any atom is 0.349 e. The van der Waals surface area contributed by atoms with Crippen molar-refractivity contribution in [3.63, 3.8) is 0 Å². The molecule has 1 aliphatic heterocycles. The Morgan fingerprint density at radius 2 is 2.00 bits per heavy atom. The normalized spacial score (nSPS) is 16.9. The molecule has 0 unspecified atom stereocenters. The third-order valence-electron chi connectivity index (χ3n) is 1.76. The van der Waals surface area contributed by atoms with Gasteiger partial charge in [-0.15, -0.1) is 0 Å². The zero-order chi connectivity index (χ0) is 9.97. The molecule has 0 saturated carbocycles. The number of allylic oxidation sites excluding steroid dienone is 2. The third kappa shape index (κ3) is 1.40. The molecule has 0 atom stereocenters. The maximum absolute atomic E-state index is 11.4. The van der Waals surface area contributed by atoms with Crippen LogP contribution in [0.2, 0.25) is 0 Å². The Bertz CT molecular complexity index is 418. The Kier molecular flexibility index (Phi) is 2.07. The molecule has 0 fully saturated rings. The van der Waals surface area contributed by atoms with Gasteiger partial charge in [0, 0.05) is 6.08 Å². The minimum Gasteiger partial charge on any atom is -0.425 e.